The molecule has 5 nitrogen and oxygen atoms in total. The number of phenols is 1. The van der Waals surface area contributed by atoms with Gasteiger partial charge < -0.3 is 19.3 Å². The molecule has 0 amide bonds. The summed E-state index contributed by atoms with van der Waals surface area (Å²) >= 11 is 1.54. The SMILES string of the molecule is CCCCCOc1ccc(-c2csc(-c3ccc(OC)c(OC)c3)n2)cc1O. The summed E-state index contributed by atoms with van der Waals surface area (Å²) in [6.07, 6.45) is 3.25. The monoisotopic (exact) mass is 399 g/mol. The van der Waals surface area contributed by atoms with Crippen molar-refractivity contribution in [2.45, 2.75) is 26.2 Å². The number of aromatic hydroxyl groups is 1. The fourth-order valence-electron chi connectivity index (χ4n) is 2.84. The van der Waals surface area contributed by atoms with Crippen LogP contribution in [-0.2, 0) is 0 Å². The van der Waals surface area contributed by atoms with E-state index >= 15 is 0 Å². The van der Waals surface area contributed by atoms with E-state index in [1.165, 1.54) is 11.3 Å². The van der Waals surface area contributed by atoms with Crippen LogP contribution in [0.1, 0.15) is 26.2 Å². The Hall–Kier alpha value is -2.73. The lowest BCUT2D eigenvalue weighted by molar-refractivity contribution is 0.290. The Morgan fingerprint density at radius 3 is 2.39 bits per heavy atom. The highest BCUT2D eigenvalue weighted by Crippen LogP contribution is 2.37. The molecule has 28 heavy (non-hydrogen) atoms. The first-order valence-electron chi connectivity index (χ1n) is 9.30. The van der Waals surface area contributed by atoms with Crippen molar-refractivity contribution in [3.05, 3.63) is 41.8 Å². The second-order valence-electron chi connectivity index (χ2n) is 6.35. The summed E-state index contributed by atoms with van der Waals surface area (Å²) in [4.78, 5) is 4.71. The van der Waals surface area contributed by atoms with Gasteiger partial charge in [-0.1, -0.05) is 19.8 Å². The third-order valence-corrected chi connectivity index (χ3v) is 5.29. The van der Waals surface area contributed by atoms with E-state index in [4.69, 9.17) is 19.2 Å². The molecule has 0 atom stereocenters. The quantitative estimate of drug-likeness (QED) is 0.463. The molecule has 0 saturated heterocycles. The average molecular weight is 400 g/mol. The minimum absolute atomic E-state index is 0.134. The van der Waals surface area contributed by atoms with Gasteiger partial charge in [-0.15, -0.1) is 11.3 Å². The number of unbranched alkanes of at least 4 members (excludes halogenated alkanes) is 2. The number of ether oxygens (including phenoxy) is 3. The number of phenolic OH excluding ortho intramolecular Hbond substituents is 1. The molecule has 148 valence electrons. The zero-order valence-corrected chi connectivity index (χ0v) is 17.2. The van der Waals surface area contributed by atoms with Gasteiger partial charge in [-0.3, -0.25) is 0 Å². The second-order valence-corrected chi connectivity index (χ2v) is 7.20. The maximum Gasteiger partial charge on any atom is 0.161 e. The first-order chi connectivity index (χ1) is 13.7. The van der Waals surface area contributed by atoms with Gasteiger partial charge in [0.1, 0.15) is 5.01 Å². The van der Waals surface area contributed by atoms with Gasteiger partial charge >= 0.3 is 0 Å². The van der Waals surface area contributed by atoms with Crippen molar-refractivity contribution in [1.82, 2.24) is 4.98 Å². The Bertz CT molecular complexity index is 923. The van der Waals surface area contributed by atoms with Gasteiger partial charge in [0.2, 0.25) is 0 Å². The van der Waals surface area contributed by atoms with Crippen LogP contribution in [0, 0.1) is 0 Å². The fourth-order valence-corrected chi connectivity index (χ4v) is 3.67. The molecule has 1 N–H and O–H groups in total. The summed E-state index contributed by atoms with van der Waals surface area (Å²) in [6, 6.07) is 11.1. The number of benzene rings is 2. The van der Waals surface area contributed by atoms with Gasteiger partial charge in [-0.25, -0.2) is 4.98 Å². The molecule has 0 aliphatic heterocycles. The lowest BCUT2D eigenvalue weighted by Gasteiger charge is -2.09. The number of nitrogens with zero attached hydrogens (tertiary/aromatic N) is 1. The van der Waals surface area contributed by atoms with E-state index in [0.29, 0.717) is 23.9 Å². The Morgan fingerprint density at radius 1 is 0.929 bits per heavy atom. The van der Waals surface area contributed by atoms with E-state index in [-0.39, 0.29) is 5.75 Å². The first-order valence-corrected chi connectivity index (χ1v) is 10.2. The van der Waals surface area contributed by atoms with Crippen molar-refractivity contribution in [2.75, 3.05) is 20.8 Å². The molecule has 3 aromatic rings. The van der Waals surface area contributed by atoms with Crippen LogP contribution in [0.5, 0.6) is 23.0 Å². The largest absolute Gasteiger partial charge is 0.504 e. The van der Waals surface area contributed by atoms with Crippen molar-refractivity contribution in [3.8, 4) is 44.8 Å². The van der Waals surface area contributed by atoms with Crippen molar-refractivity contribution >= 4 is 11.3 Å². The molecular formula is C22H25NO4S. The zero-order chi connectivity index (χ0) is 19.9. The highest BCUT2D eigenvalue weighted by Gasteiger charge is 2.12. The average Bonchev–Trinajstić information content (AvgIpc) is 3.22. The van der Waals surface area contributed by atoms with Crippen molar-refractivity contribution < 1.29 is 19.3 Å². The maximum atomic E-state index is 10.3. The van der Waals surface area contributed by atoms with Gasteiger partial charge in [-0.2, -0.15) is 0 Å². The van der Waals surface area contributed by atoms with Gasteiger partial charge in [0, 0.05) is 16.5 Å². The lowest BCUT2D eigenvalue weighted by Crippen LogP contribution is -1.97. The highest BCUT2D eigenvalue weighted by atomic mass is 32.1. The Morgan fingerprint density at radius 2 is 1.68 bits per heavy atom. The van der Waals surface area contributed by atoms with Crippen LogP contribution in [-0.4, -0.2) is 30.9 Å². The molecule has 0 radical (unpaired) electrons. The topological polar surface area (TPSA) is 60.8 Å². The third kappa shape index (κ3) is 4.57. The lowest BCUT2D eigenvalue weighted by atomic mass is 10.1. The van der Waals surface area contributed by atoms with Crippen LogP contribution < -0.4 is 14.2 Å². The summed E-state index contributed by atoms with van der Waals surface area (Å²) in [5.41, 5.74) is 2.61. The maximum absolute atomic E-state index is 10.3. The van der Waals surface area contributed by atoms with E-state index < -0.39 is 0 Å². The number of thiazole rings is 1. The van der Waals surface area contributed by atoms with E-state index in [1.807, 2.05) is 29.6 Å². The molecular weight excluding hydrogens is 374 g/mol. The molecule has 0 saturated carbocycles. The summed E-state index contributed by atoms with van der Waals surface area (Å²) in [5.74, 6) is 1.99. The predicted molar refractivity (Wildman–Crippen MR) is 113 cm³/mol. The van der Waals surface area contributed by atoms with E-state index in [0.717, 1.165) is 41.1 Å². The molecule has 0 aliphatic rings. The van der Waals surface area contributed by atoms with Crippen molar-refractivity contribution in [2.24, 2.45) is 0 Å². The minimum Gasteiger partial charge on any atom is -0.504 e. The summed E-state index contributed by atoms with van der Waals surface area (Å²) in [5, 5.41) is 13.1. The summed E-state index contributed by atoms with van der Waals surface area (Å²) in [7, 11) is 3.23. The normalized spacial score (nSPS) is 10.7. The molecule has 0 fully saturated rings. The van der Waals surface area contributed by atoms with E-state index in [2.05, 4.69) is 6.92 Å². The van der Waals surface area contributed by atoms with Gasteiger partial charge in [0.25, 0.3) is 0 Å². The number of methoxy groups -OCH3 is 2. The Balaban J connectivity index is 1.77. The second kappa shape index (κ2) is 9.46. The van der Waals surface area contributed by atoms with Crippen molar-refractivity contribution in [1.29, 1.82) is 0 Å². The number of hydrogen-bond donors (Lipinski definition) is 1. The smallest absolute Gasteiger partial charge is 0.161 e. The molecule has 2 aromatic carbocycles. The van der Waals surface area contributed by atoms with E-state index in [9.17, 15) is 5.11 Å². The van der Waals surface area contributed by atoms with Gasteiger partial charge in [0.15, 0.2) is 23.0 Å². The third-order valence-electron chi connectivity index (χ3n) is 4.39. The molecule has 1 heterocycles. The molecule has 1 aromatic heterocycles. The van der Waals surface area contributed by atoms with Crippen LogP contribution in [0.2, 0.25) is 0 Å². The molecule has 6 heteroatoms. The van der Waals surface area contributed by atoms with E-state index in [1.54, 1.807) is 26.4 Å². The Labute approximate surface area is 169 Å². The van der Waals surface area contributed by atoms with Crippen LogP contribution in [0.3, 0.4) is 0 Å². The van der Waals surface area contributed by atoms with Gasteiger partial charge in [-0.05, 0) is 42.8 Å². The molecule has 0 bridgehead atoms. The standard InChI is InChI=1S/C22H25NO4S/c1-4-5-6-11-27-19-9-7-15(12-18(19)24)17-14-28-22(23-17)16-8-10-20(25-2)21(13-16)26-3/h7-10,12-14,24H,4-6,11H2,1-3H3. The zero-order valence-electron chi connectivity index (χ0n) is 16.4. The molecule has 3 rings (SSSR count). The number of rotatable bonds is 9. The summed E-state index contributed by atoms with van der Waals surface area (Å²) in [6.45, 7) is 2.76. The van der Waals surface area contributed by atoms with Crippen LogP contribution in [0.4, 0.5) is 0 Å². The van der Waals surface area contributed by atoms with Crippen LogP contribution >= 0.6 is 11.3 Å². The van der Waals surface area contributed by atoms with Crippen LogP contribution in [0.25, 0.3) is 21.8 Å². The fraction of sp³-hybridized carbons (Fsp3) is 0.318. The molecule has 0 spiro atoms. The number of hydrogen-bond acceptors (Lipinski definition) is 6. The molecule has 0 unspecified atom stereocenters. The van der Waals surface area contributed by atoms with Crippen LogP contribution in [0.15, 0.2) is 41.8 Å². The number of aromatic nitrogens is 1. The van der Waals surface area contributed by atoms with Gasteiger partial charge in [0.05, 0.1) is 26.5 Å². The summed E-state index contributed by atoms with van der Waals surface area (Å²) < 4.78 is 16.3. The van der Waals surface area contributed by atoms with Crippen molar-refractivity contribution in [3.63, 3.8) is 0 Å². The Kier molecular flexibility index (Phi) is 6.76. The minimum atomic E-state index is 0.134. The predicted octanol–water partition coefficient (Wildman–Crippen LogP) is 5.77. The molecule has 0 aliphatic carbocycles. The first kappa shape index (κ1) is 20.0. The highest BCUT2D eigenvalue weighted by molar-refractivity contribution is 7.13.